The quantitative estimate of drug-likeness (QED) is 0.288. The van der Waals surface area contributed by atoms with Crippen molar-refractivity contribution in [3.63, 3.8) is 0 Å². The van der Waals surface area contributed by atoms with E-state index in [9.17, 15) is 24.3 Å². The van der Waals surface area contributed by atoms with Gasteiger partial charge in [-0.15, -0.1) is 0 Å². The standard InChI is InChI=1S/C26H28O12/c1-32-20-13-14(9-11-18(20)37-25(30)34-3)24(29)36-17-8-6-5-7-15(17)21-16(23(27)28)10-12-19(22(21)33-2)38-26(31)35-4/h9-13,15,17H,5-8H2,1-4H3,(H,27,28)/t15-,17-/m0/s1. The third kappa shape index (κ3) is 6.25. The fourth-order valence-electron chi connectivity index (χ4n) is 4.34. The molecule has 38 heavy (non-hydrogen) atoms. The van der Waals surface area contributed by atoms with Gasteiger partial charge in [-0.25, -0.2) is 19.2 Å². The van der Waals surface area contributed by atoms with Crippen LogP contribution in [0.15, 0.2) is 30.3 Å². The molecular formula is C26H28O12. The van der Waals surface area contributed by atoms with Gasteiger partial charge in [0.25, 0.3) is 0 Å². The van der Waals surface area contributed by atoms with E-state index in [0.717, 1.165) is 27.1 Å². The van der Waals surface area contributed by atoms with Crippen molar-refractivity contribution in [3.05, 3.63) is 47.0 Å². The highest BCUT2D eigenvalue weighted by molar-refractivity contribution is 5.92. The first kappa shape index (κ1) is 28.1. The van der Waals surface area contributed by atoms with Gasteiger partial charge < -0.3 is 38.3 Å². The minimum atomic E-state index is -1.22. The number of methoxy groups -OCH3 is 4. The SMILES string of the molecule is COC(=O)Oc1ccc(C(=O)O[C@H]2CCCC[C@@H]2c2c(C(=O)O)ccc(OC(=O)OC)c2OC)cc1OC. The number of rotatable bonds is 8. The Morgan fingerprint density at radius 3 is 2.03 bits per heavy atom. The van der Waals surface area contributed by atoms with Crippen LogP contribution in [0.25, 0.3) is 0 Å². The number of ether oxygens (including phenoxy) is 7. The largest absolute Gasteiger partial charge is 0.513 e. The molecule has 1 aliphatic carbocycles. The van der Waals surface area contributed by atoms with E-state index in [1.165, 1.54) is 44.6 Å². The molecule has 204 valence electrons. The molecular weight excluding hydrogens is 504 g/mol. The number of carboxylic acids is 1. The van der Waals surface area contributed by atoms with Gasteiger partial charge in [-0.05, 0) is 49.6 Å². The Labute approximate surface area is 218 Å². The number of aromatic carboxylic acids is 1. The van der Waals surface area contributed by atoms with E-state index in [4.69, 9.17) is 23.7 Å². The van der Waals surface area contributed by atoms with Crippen molar-refractivity contribution in [3.8, 4) is 23.0 Å². The number of benzene rings is 2. The van der Waals surface area contributed by atoms with E-state index in [-0.39, 0.29) is 39.7 Å². The molecule has 0 spiro atoms. The molecule has 12 heteroatoms. The summed E-state index contributed by atoms with van der Waals surface area (Å²) in [6.07, 6.45) is -0.230. The summed E-state index contributed by atoms with van der Waals surface area (Å²) in [7, 11) is 4.96. The summed E-state index contributed by atoms with van der Waals surface area (Å²) < 4.78 is 35.7. The molecule has 0 unspecified atom stereocenters. The van der Waals surface area contributed by atoms with Crippen LogP contribution < -0.4 is 18.9 Å². The van der Waals surface area contributed by atoms with Gasteiger partial charge in [-0.3, -0.25) is 0 Å². The molecule has 0 bridgehead atoms. The molecule has 1 fully saturated rings. The Hall–Kier alpha value is -4.48. The lowest BCUT2D eigenvalue weighted by atomic mass is 9.79. The Balaban J connectivity index is 1.96. The topological polar surface area (TPSA) is 153 Å². The maximum atomic E-state index is 13.1. The van der Waals surface area contributed by atoms with Crippen molar-refractivity contribution in [2.45, 2.75) is 37.7 Å². The number of hydrogen-bond donors (Lipinski definition) is 1. The number of carbonyl (C=O) groups is 4. The van der Waals surface area contributed by atoms with Gasteiger partial charge in [0, 0.05) is 11.5 Å². The first-order valence-electron chi connectivity index (χ1n) is 11.6. The molecule has 0 heterocycles. The van der Waals surface area contributed by atoms with Crippen LogP contribution in [0.3, 0.4) is 0 Å². The van der Waals surface area contributed by atoms with Crippen molar-refractivity contribution in [1.29, 1.82) is 0 Å². The zero-order valence-electron chi connectivity index (χ0n) is 21.3. The average Bonchev–Trinajstić information content (AvgIpc) is 2.92. The fraction of sp³-hybridized carbons (Fsp3) is 0.385. The zero-order valence-corrected chi connectivity index (χ0v) is 21.3. The molecule has 1 N–H and O–H groups in total. The van der Waals surface area contributed by atoms with E-state index in [0.29, 0.717) is 12.8 Å². The molecule has 3 rings (SSSR count). The van der Waals surface area contributed by atoms with Crippen molar-refractivity contribution >= 4 is 24.2 Å². The second kappa shape index (κ2) is 12.7. The van der Waals surface area contributed by atoms with Gasteiger partial charge in [0.1, 0.15) is 6.10 Å². The maximum Gasteiger partial charge on any atom is 0.513 e. The second-order valence-corrected chi connectivity index (χ2v) is 8.18. The first-order valence-corrected chi connectivity index (χ1v) is 11.6. The van der Waals surface area contributed by atoms with Crippen LogP contribution in [0.1, 0.15) is 57.9 Å². The Kier molecular flexibility index (Phi) is 9.36. The predicted octanol–water partition coefficient (Wildman–Crippen LogP) is 4.58. The van der Waals surface area contributed by atoms with Crippen LogP contribution in [-0.2, 0) is 14.2 Å². The lowest BCUT2D eigenvalue weighted by Crippen LogP contribution is -2.30. The molecule has 0 aliphatic heterocycles. The highest BCUT2D eigenvalue weighted by Crippen LogP contribution is 2.45. The Bertz CT molecular complexity index is 1200. The minimum Gasteiger partial charge on any atom is -0.493 e. The zero-order chi connectivity index (χ0) is 27.8. The monoisotopic (exact) mass is 532 g/mol. The summed E-state index contributed by atoms with van der Waals surface area (Å²) in [6, 6.07) is 6.72. The van der Waals surface area contributed by atoms with Crippen LogP contribution in [0.4, 0.5) is 9.59 Å². The van der Waals surface area contributed by atoms with Crippen LogP contribution in [0, 0.1) is 0 Å². The van der Waals surface area contributed by atoms with E-state index < -0.39 is 36.3 Å². The van der Waals surface area contributed by atoms with Crippen molar-refractivity contribution in [2.75, 3.05) is 28.4 Å². The number of hydrogen-bond acceptors (Lipinski definition) is 11. The van der Waals surface area contributed by atoms with Crippen LogP contribution in [-0.4, -0.2) is 63.9 Å². The average molecular weight is 532 g/mol. The Morgan fingerprint density at radius 2 is 1.42 bits per heavy atom. The molecule has 2 atom stereocenters. The fourth-order valence-corrected chi connectivity index (χ4v) is 4.34. The highest BCUT2D eigenvalue weighted by Gasteiger charge is 2.36. The number of esters is 1. The van der Waals surface area contributed by atoms with Gasteiger partial charge in [0.05, 0.1) is 39.6 Å². The van der Waals surface area contributed by atoms with E-state index in [2.05, 4.69) is 9.47 Å². The van der Waals surface area contributed by atoms with E-state index in [1.807, 2.05) is 0 Å². The molecule has 0 radical (unpaired) electrons. The van der Waals surface area contributed by atoms with Crippen LogP contribution in [0.5, 0.6) is 23.0 Å². The summed E-state index contributed by atoms with van der Waals surface area (Å²) in [6.45, 7) is 0. The summed E-state index contributed by atoms with van der Waals surface area (Å²) in [4.78, 5) is 48.4. The summed E-state index contributed by atoms with van der Waals surface area (Å²) >= 11 is 0. The third-order valence-corrected chi connectivity index (χ3v) is 6.05. The van der Waals surface area contributed by atoms with Gasteiger partial charge in [0.15, 0.2) is 23.0 Å². The minimum absolute atomic E-state index is 0.0269. The normalized spacial score (nSPS) is 16.5. The van der Waals surface area contributed by atoms with Crippen molar-refractivity contribution in [1.82, 2.24) is 0 Å². The maximum absolute atomic E-state index is 13.1. The van der Waals surface area contributed by atoms with Gasteiger partial charge in [-0.2, -0.15) is 0 Å². The molecule has 0 saturated heterocycles. The third-order valence-electron chi connectivity index (χ3n) is 6.05. The number of carboxylic acid groups (broad SMARTS) is 1. The molecule has 12 nitrogen and oxygen atoms in total. The van der Waals surface area contributed by atoms with Crippen molar-refractivity contribution < 1.29 is 57.4 Å². The first-order chi connectivity index (χ1) is 18.2. The molecule has 2 aromatic carbocycles. The van der Waals surface area contributed by atoms with E-state index in [1.54, 1.807) is 0 Å². The van der Waals surface area contributed by atoms with Crippen molar-refractivity contribution in [2.24, 2.45) is 0 Å². The van der Waals surface area contributed by atoms with E-state index >= 15 is 0 Å². The van der Waals surface area contributed by atoms with Crippen LogP contribution in [0.2, 0.25) is 0 Å². The molecule has 0 aromatic heterocycles. The second-order valence-electron chi connectivity index (χ2n) is 8.18. The molecule has 1 aliphatic rings. The van der Waals surface area contributed by atoms with Gasteiger partial charge in [0.2, 0.25) is 0 Å². The molecule has 2 aromatic rings. The predicted molar refractivity (Wildman–Crippen MR) is 129 cm³/mol. The summed E-state index contributed by atoms with van der Waals surface area (Å²) in [5.74, 6) is -2.32. The molecule has 1 saturated carbocycles. The summed E-state index contributed by atoms with van der Waals surface area (Å²) in [5, 5.41) is 9.89. The summed E-state index contributed by atoms with van der Waals surface area (Å²) in [5.41, 5.74) is 0.299. The lowest BCUT2D eigenvalue weighted by Gasteiger charge is -2.33. The number of carbonyl (C=O) groups excluding carboxylic acids is 3. The highest BCUT2D eigenvalue weighted by atomic mass is 16.7. The Morgan fingerprint density at radius 1 is 0.789 bits per heavy atom. The smallest absolute Gasteiger partial charge is 0.493 e. The van der Waals surface area contributed by atoms with Gasteiger partial charge in [-0.1, -0.05) is 6.42 Å². The van der Waals surface area contributed by atoms with Crippen LogP contribution >= 0.6 is 0 Å². The molecule has 0 amide bonds. The van der Waals surface area contributed by atoms with Gasteiger partial charge >= 0.3 is 24.2 Å². The lowest BCUT2D eigenvalue weighted by molar-refractivity contribution is 0.0138.